The maximum absolute atomic E-state index is 13.1. The van der Waals surface area contributed by atoms with Gasteiger partial charge in [-0.2, -0.15) is 5.10 Å². The van der Waals surface area contributed by atoms with E-state index in [4.69, 9.17) is 0 Å². The van der Waals surface area contributed by atoms with Gasteiger partial charge in [0.05, 0.1) is 16.8 Å². The van der Waals surface area contributed by atoms with Gasteiger partial charge in [0, 0.05) is 24.3 Å². The minimum absolute atomic E-state index is 0.281. The van der Waals surface area contributed by atoms with Crippen molar-refractivity contribution in [3.63, 3.8) is 0 Å². The second-order valence-corrected chi connectivity index (χ2v) is 6.43. The number of benzene rings is 1. The molecular formula is C19H26FN3O2. The Bertz CT molecular complexity index is 734. The lowest BCUT2D eigenvalue weighted by Gasteiger charge is -2.27. The molecule has 1 aromatic carbocycles. The van der Waals surface area contributed by atoms with Crippen molar-refractivity contribution < 1.29 is 14.3 Å². The van der Waals surface area contributed by atoms with E-state index >= 15 is 0 Å². The van der Waals surface area contributed by atoms with Crippen LogP contribution >= 0.6 is 0 Å². The molecule has 1 aromatic heterocycles. The maximum Gasteiger partial charge on any atom is 0.310 e. The molecule has 2 aromatic rings. The van der Waals surface area contributed by atoms with Crippen LogP contribution in [0.3, 0.4) is 0 Å². The minimum atomic E-state index is -0.763. The van der Waals surface area contributed by atoms with Gasteiger partial charge in [-0.25, -0.2) is 9.07 Å². The molecular weight excluding hydrogens is 321 g/mol. The average Bonchev–Trinajstić information content (AvgIpc) is 2.87. The van der Waals surface area contributed by atoms with Crippen molar-refractivity contribution >= 4 is 5.97 Å². The predicted molar refractivity (Wildman–Crippen MR) is 95.4 cm³/mol. The summed E-state index contributed by atoms with van der Waals surface area (Å²) >= 11 is 0. The first kappa shape index (κ1) is 19.1. The molecule has 0 fully saturated rings. The van der Waals surface area contributed by atoms with Gasteiger partial charge in [0.15, 0.2) is 0 Å². The van der Waals surface area contributed by atoms with Crippen molar-refractivity contribution in [1.29, 1.82) is 0 Å². The molecule has 0 saturated heterocycles. The number of hydrogen-bond acceptors (Lipinski definition) is 3. The molecule has 0 aliphatic carbocycles. The number of nitrogens with one attached hydrogen (secondary N) is 1. The molecule has 0 atom stereocenters. The van der Waals surface area contributed by atoms with Crippen molar-refractivity contribution in [2.75, 3.05) is 6.54 Å². The monoisotopic (exact) mass is 347 g/mol. The normalized spacial score (nSPS) is 11.7. The molecule has 6 heteroatoms. The van der Waals surface area contributed by atoms with Gasteiger partial charge in [-0.15, -0.1) is 0 Å². The largest absolute Gasteiger partial charge is 0.481 e. The van der Waals surface area contributed by atoms with Crippen LogP contribution in [-0.4, -0.2) is 27.4 Å². The lowest BCUT2D eigenvalue weighted by atomic mass is 9.82. The summed E-state index contributed by atoms with van der Waals surface area (Å²) in [6, 6.07) is 6.20. The number of aryl methyl sites for hydroxylation is 1. The third-order valence-corrected chi connectivity index (χ3v) is 5.08. The van der Waals surface area contributed by atoms with Crippen LogP contribution < -0.4 is 5.32 Å². The zero-order valence-corrected chi connectivity index (χ0v) is 15.3. The molecule has 5 nitrogen and oxygen atoms in total. The highest BCUT2D eigenvalue weighted by Crippen LogP contribution is 2.26. The third-order valence-electron chi connectivity index (χ3n) is 5.08. The molecule has 2 N–H and O–H groups in total. The highest BCUT2D eigenvalue weighted by atomic mass is 19.1. The van der Waals surface area contributed by atoms with Gasteiger partial charge in [-0.05, 0) is 51.0 Å². The topological polar surface area (TPSA) is 67.2 Å². The lowest BCUT2D eigenvalue weighted by molar-refractivity contribution is -0.149. The zero-order valence-electron chi connectivity index (χ0n) is 15.3. The first-order valence-corrected chi connectivity index (χ1v) is 8.59. The van der Waals surface area contributed by atoms with Crippen LogP contribution in [0, 0.1) is 25.1 Å². The number of rotatable bonds is 8. The molecule has 0 spiro atoms. The molecule has 1 heterocycles. The Morgan fingerprint density at radius 3 is 2.36 bits per heavy atom. The molecule has 0 unspecified atom stereocenters. The van der Waals surface area contributed by atoms with Crippen LogP contribution in [0.15, 0.2) is 24.3 Å². The van der Waals surface area contributed by atoms with Crippen molar-refractivity contribution in [2.24, 2.45) is 5.41 Å². The van der Waals surface area contributed by atoms with Crippen LogP contribution in [0.5, 0.6) is 0 Å². The average molecular weight is 347 g/mol. The molecule has 0 bridgehead atoms. The molecule has 0 aliphatic heterocycles. The smallest absolute Gasteiger partial charge is 0.310 e. The van der Waals surface area contributed by atoms with Gasteiger partial charge in [0.1, 0.15) is 5.82 Å². The van der Waals surface area contributed by atoms with Crippen LogP contribution in [-0.2, 0) is 11.3 Å². The summed E-state index contributed by atoms with van der Waals surface area (Å²) in [5.74, 6) is -1.04. The van der Waals surface area contributed by atoms with E-state index in [9.17, 15) is 14.3 Å². The fourth-order valence-corrected chi connectivity index (χ4v) is 3.07. The van der Waals surface area contributed by atoms with Crippen molar-refractivity contribution in [3.05, 3.63) is 47.0 Å². The fraction of sp³-hybridized carbons (Fsp3) is 0.474. The molecule has 25 heavy (non-hydrogen) atoms. The molecule has 0 amide bonds. The predicted octanol–water partition coefficient (Wildman–Crippen LogP) is 3.61. The number of aliphatic carboxylic acids is 1. The van der Waals surface area contributed by atoms with E-state index in [1.807, 2.05) is 27.7 Å². The van der Waals surface area contributed by atoms with E-state index in [0.29, 0.717) is 25.9 Å². The van der Waals surface area contributed by atoms with E-state index in [2.05, 4.69) is 10.4 Å². The first-order chi connectivity index (χ1) is 11.8. The Balaban J connectivity index is 2.16. The fourth-order valence-electron chi connectivity index (χ4n) is 3.07. The number of carboxylic acid groups (broad SMARTS) is 1. The summed E-state index contributed by atoms with van der Waals surface area (Å²) in [6.45, 7) is 8.66. The minimum Gasteiger partial charge on any atom is -0.481 e. The number of carboxylic acids is 1. The second kappa shape index (κ2) is 7.78. The first-order valence-electron chi connectivity index (χ1n) is 8.59. The van der Waals surface area contributed by atoms with Crippen molar-refractivity contribution in [2.45, 2.75) is 47.1 Å². The molecule has 136 valence electrons. The number of halogens is 1. The summed E-state index contributed by atoms with van der Waals surface area (Å²) < 4.78 is 14.9. The standard InChI is InChI=1S/C19H26FN3O2/c1-5-19(6-2,18(24)25)12-21-11-17-13(3)22-23(14(17)4)16-9-7-15(20)8-10-16/h7-10,21H,5-6,11-12H2,1-4H3,(H,24,25). The van der Waals surface area contributed by atoms with Crippen LogP contribution in [0.25, 0.3) is 5.69 Å². The maximum atomic E-state index is 13.1. The van der Waals surface area contributed by atoms with E-state index in [1.165, 1.54) is 12.1 Å². The van der Waals surface area contributed by atoms with E-state index in [0.717, 1.165) is 22.6 Å². The van der Waals surface area contributed by atoms with Gasteiger partial charge >= 0.3 is 5.97 Å². The van der Waals surface area contributed by atoms with Gasteiger partial charge in [0.2, 0.25) is 0 Å². The molecule has 0 saturated carbocycles. The van der Waals surface area contributed by atoms with E-state index in [-0.39, 0.29) is 5.82 Å². The zero-order chi connectivity index (χ0) is 18.6. The Kier molecular flexibility index (Phi) is 5.95. The Labute approximate surface area is 147 Å². The second-order valence-electron chi connectivity index (χ2n) is 6.43. The molecule has 0 aliphatic rings. The summed E-state index contributed by atoms with van der Waals surface area (Å²) in [4.78, 5) is 11.6. The number of hydrogen-bond donors (Lipinski definition) is 2. The van der Waals surface area contributed by atoms with E-state index in [1.54, 1.807) is 16.8 Å². The SMILES string of the molecule is CCC(CC)(CNCc1c(C)nn(-c2ccc(F)cc2)c1C)C(=O)O. The van der Waals surface area contributed by atoms with Crippen LogP contribution in [0.2, 0.25) is 0 Å². The van der Waals surface area contributed by atoms with Crippen molar-refractivity contribution in [3.8, 4) is 5.69 Å². The highest BCUT2D eigenvalue weighted by molar-refractivity contribution is 5.74. The number of aromatic nitrogens is 2. The Morgan fingerprint density at radius 2 is 1.84 bits per heavy atom. The highest BCUT2D eigenvalue weighted by Gasteiger charge is 2.34. The van der Waals surface area contributed by atoms with Crippen LogP contribution in [0.1, 0.15) is 43.6 Å². The summed E-state index contributed by atoms with van der Waals surface area (Å²) in [7, 11) is 0. The van der Waals surface area contributed by atoms with Gasteiger partial charge in [-0.3, -0.25) is 4.79 Å². The summed E-state index contributed by atoms with van der Waals surface area (Å²) in [6.07, 6.45) is 1.16. The molecule has 2 rings (SSSR count). The van der Waals surface area contributed by atoms with Gasteiger partial charge in [0.25, 0.3) is 0 Å². The quantitative estimate of drug-likeness (QED) is 0.765. The van der Waals surface area contributed by atoms with E-state index < -0.39 is 11.4 Å². The molecule has 0 radical (unpaired) electrons. The van der Waals surface area contributed by atoms with Crippen molar-refractivity contribution in [1.82, 2.24) is 15.1 Å². The summed E-state index contributed by atoms with van der Waals surface area (Å²) in [5, 5.41) is 17.3. The van der Waals surface area contributed by atoms with Gasteiger partial charge < -0.3 is 10.4 Å². The van der Waals surface area contributed by atoms with Gasteiger partial charge in [-0.1, -0.05) is 13.8 Å². The third kappa shape index (κ3) is 3.90. The Hall–Kier alpha value is -2.21. The number of nitrogens with zero attached hydrogens (tertiary/aromatic N) is 2. The van der Waals surface area contributed by atoms with Crippen LogP contribution in [0.4, 0.5) is 4.39 Å². The number of carbonyl (C=O) groups is 1. The Morgan fingerprint density at radius 1 is 1.24 bits per heavy atom. The lowest BCUT2D eigenvalue weighted by Crippen LogP contribution is -2.40. The summed E-state index contributed by atoms with van der Waals surface area (Å²) in [5.41, 5.74) is 2.94.